The molecule has 162 valence electrons. The molecule has 0 aliphatic heterocycles. The van der Waals surface area contributed by atoms with E-state index in [0.29, 0.717) is 21.7 Å². The SMILES string of the molecule is CCOC(=O)CC(NC(=O)c1cc2cc(Cl)cc(Cl)c2oc1=O)c1ccc(OC)cc1. The Bertz CT molecular complexity index is 1170. The first-order valence-electron chi connectivity index (χ1n) is 9.35. The number of methoxy groups -OCH3 is 1. The standard InChI is InChI=1S/C22H19Cl2NO6/c1-3-30-19(26)11-18(12-4-6-15(29-2)7-5-12)25-21(27)16-9-13-8-14(23)10-17(24)20(13)31-22(16)28/h4-10,18H,3,11H2,1-2H3,(H,25,27). The number of ether oxygens (including phenoxy) is 2. The second-order valence-corrected chi connectivity index (χ2v) is 7.41. The lowest BCUT2D eigenvalue weighted by molar-refractivity contribution is -0.143. The number of carbonyl (C=O) groups excluding carboxylic acids is 2. The Labute approximate surface area is 187 Å². The minimum atomic E-state index is -0.862. The van der Waals surface area contributed by atoms with Gasteiger partial charge in [0.05, 0.1) is 31.2 Å². The van der Waals surface area contributed by atoms with Crippen molar-refractivity contribution in [3.05, 3.63) is 74.1 Å². The van der Waals surface area contributed by atoms with E-state index in [1.54, 1.807) is 31.2 Å². The van der Waals surface area contributed by atoms with Crippen molar-refractivity contribution in [1.82, 2.24) is 5.32 Å². The molecule has 0 saturated heterocycles. The quantitative estimate of drug-likeness (QED) is 0.408. The fourth-order valence-corrected chi connectivity index (χ4v) is 3.57. The van der Waals surface area contributed by atoms with Gasteiger partial charge in [-0.25, -0.2) is 4.79 Å². The molecular formula is C22H19Cl2NO6. The summed E-state index contributed by atoms with van der Waals surface area (Å²) < 4.78 is 15.4. The van der Waals surface area contributed by atoms with Crippen LogP contribution in [0.2, 0.25) is 10.0 Å². The Hall–Kier alpha value is -3.03. The summed E-state index contributed by atoms with van der Waals surface area (Å²) >= 11 is 12.1. The van der Waals surface area contributed by atoms with Crippen LogP contribution in [-0.4, -0.2) is 25.6 Å². The molecule has 31 heavy (non-hydrogen) atoms. The molecule has 3 rings (SSSR count). The third kappa shape index (κ3) is 5.37. The molecule has 0 spiro atoms. The van der Waals surface area contributed by atoms with Crippen molar-refractivity contribution >= 4 is 46.0 Å². The second-order valence-electron chi connectivity index (χ2n) is 6.56. The summed E-state index contributed by atoms with van der Waals surface area (Å²) in [4.78, 5) is 37.4. The minimum Gasteiger partial charge on any atom is -0.497 e. The maximum absolute atomic E-state index is 12.9. The van der Waals surface area contributed by atoms with Gasteiger partial charge in [0.1, 0.15) is 11.3 Å². The molecule has 0 bridgehead atoms. The van der Waals surface area contributed by atoms with E-state index in [1.807, 2.05) is 0 Å². The van der Waals surface area contributed by atoms with Gasteiger partial charge in [0, 0.05) is 10.4 Å². The van der Waals surface area contributed by atoms with Crippen molar-refractivity contribution < 1.29 is 23.5 Å². The lowest BCUT2D eigenvalue weighted by atomic mass is 10.0. The zero-order valence-corrected chi connectivity index (χ0v) is 18.3. The average Bonchev–Trinajstić information content (AvgIpc) is 2.73. The van der Waals surface area contributed by atoms with Crippen LogP contribution in [0.5, 0.6) is 5.75 Å². The van der Waals surface area contributed by atoms with E-state index in [-0.39, 0.29) is 29.2 Å². The van der Waals surface area contributed by atoms with Gasteiger partial charge < -0.3 is 19.2 Å². The molecule has 1 amide bonds. The first kappa shape index (κ1) is 22.7. The first-order valence-corrected chi connectivity index (χ1v) is 10.1. The molecule has 3 aromatic rings. The number of fused-ring (bicyclic) bond motifs is 1. The molecule has 0 fully saturated rings. The number of halogens is 2. The van der Waals surface area contributed by atoms with E-state index in [1.165, 1.54) is 25.3 Å². The molecule has 1 N–H and O–H groups in total. The Morgan fingerprint density at radius 3 is 2.48 bits per heavy atom. The van der Waals surface area contributed by atoms with Gasteiger partial charge in [-0.15, -0.1) is 0 Å². The van der Waals surface area contributed by atoms with Crippen LogP contribution >= 0.6 is 23.2 Å². The molecule has 1 unspecified atom stereocenters. The van der Waals surface area contributed by atoms with Crippen molar-refractivity contribution in [2.45, 2.75) is 19.4 Å². The number of nitrogens with one attached hydrogen (secondary N) is 1. The highest BCUT2D eigenvalue weighted by Crippen LogP contribution is 2.28. The largest absolute Gasteiger partial charge is 0.497 e. The molecule has 1 heterocycles. The third-order valence-electron chi connectivity index (χ3n) is 4.50. The van der Waals surface area contributed by atoms with Gasteiger partial charge in [-0.05, 0) is 42.8 Å². The highest BCUT2D eigenvalue weighted by molar-refractivity contribution is 6.38. The Balaban J connectivity index is 1.94. The van der Waals surface area contributed by atoms with Crippen LogP contribution in [0.4, 0.5) is 0 Å². The number of benzene rings is 2. The van der Waals surface area contributed by atoms with Crippen molar-refractivity contribution in [2.24, 2.45) is 0 Å². The maximum atomic E-state index is 12.9. The van der Waals surface area contributed by atoms with Gasteiger partial charge >= 0.3 is 11.6 Å². The van der Waals surface area contributed by atoms with Crippen LogP contribution in [0.1, 0.15) is 35.3 Å². The van der Waals surface area contributed by atoms with E-state index >= 15 is 0 Å². The zero-order chi connectivity index (χ0) is 22.5. The molecule has 0 aliphatic carbocycles. The number of carbonyl (C=O) groups is 2. The summed E-state index contributed by atoms with van der Waals surface area (Å²) in [6, 6.07) is 10.4. The molecular weight excluding hydrogens is 445 g/mol. The summed E-state index contributed by atoms with van der Waals surface area (Å²) in [7, 11) is 1.53. The fourth-order valence-electron chi connectivity index (χ4n) is 3.03. The van der Waals surface area contributed by atoms with Crippen molar-refractivity contribution in [3.8, 4) is 5.75 Å². The number of rotatable bonds is 7. The summed E-state index contributed by atoms with van der Waals surface area (Å²) in [6.07, 6.45) is -0.123. The van der Waals surface area contributed by atoms with E-state index < -0.39 is 23.5 Å². The molecule has 0 radical (unpaired) electrons. The molecule has 1 atom stereocenters. The van der Waals surface area contributed by atoms with Crippen molar-refractivity contribution in [3.63, 3.8) is 0 Å². The van der Waals surface area contributed by atoms with Crippen LogP contribution in [-0.2, 0) is 9.53 Å². The van der Waals surface area contributed by atoms with E-state index in [9.17, 15) is 14.4 Å². The highest BCUT2D eigenvalue weighted by atomic mass is 35.5. The monoisotopic (exact) mass is 463 g/mol. The van der Waals surface area contributed by atoms with Gasteiger partial charge in [-0.1, -0.05) is 35.3 Å². The van der Waals surface area contributed by atoms with Crippen LogP contribution < -0.4 is 15.7 Å². The van der Waals surface area contributed by atoms with E-state index in [0.717, 1.165) is 0 Å². The Morgan fingerprint density at radius 2 is 1.84 bits per heavy atom. The van der Waals surface area contributed by atoms with Crippen molar-refractivity contribution in [1.29, 1.82) is 0 Å². The van der Waals surface area contributed by atoms with Crippen molar-refractivity contribution in [2.75, 3.05) is 13.7 Å². The number of esters is 1. The molecule has 0 aliphatic rings. The van der Waals surface area contributed by atoms with Crippen LogP contribution in [0.15, 0.2) is 51.7 Å². The summed E-state index contributed by atoms with van der Waals surface area (Å²) in [5, 5.41) is 3.59. The third-order valence-corrected chi connectivity index (χ3v) is 4.99. The van der Waals surface area contributed by atoms with Gasteiger partial charge in [-0.3, -0.25) is 9.59 Å². The molecule has 2 aromatic carbocycles. The van der Waals surface area contributed by atoms with Crippen LogP contribution in [0.3, 0.4) is 0 Å². The smallest absolute Gasteiger partial charge is 0.349 e. The van der Waals surface area contributed by atoms with Gasteiger partial charge in [-0.2, -0.15) is 0 Å². The maximum Gasteiger partial charge on any atom is 0.349 e. The normalized spacial score (nSPS) is 11.7. The zero-order valence-electron chi connectivity index (χ0n) is 16.7. The number of hydrogen-bond acceptors (Lipinski definition) is 6. The summed E-state index contributed by atoms with van der Waals surface area (Å²) in [5.74, 6) is -0.585. The molecule has 0 saturated carbocycles. The predicted octanol–water partition coefficient (Wildman–Crippen LogP) is 4.53. The first-order chi connectivity index (χ1) is 14.8. The van der Waals surface area contributed by atoms with E-state index in [2.05, 4.69) is 5.32 Å². The summed E-state index contributed by atoms with van der Waals surface area (Å²) in [6.45, 7) is 1.90. The highest BCUT2D eigenvalue weighted by Gasteiger charge is 2.23. The molecule has 1 aromatic heterocycles. The van der Waals surface area contributed by atoms with Gasteiger partial charge in [0.15, 0.2) is 5.58 Å². The Morgan fingerprint density at radius 1 is 1.13 bits per heavy atom. The average molecular weight is 464 g/mol. The fraction of sp³-hybridized carbons (Fsp3) is 0.227. The lowest BCUT2D eigenvalue weighted by Gasteiger charge is -2.19. The summed E-state index contributed by atoms with van der Waals surface area (Å²) in [5.41, 5.74) is -0.337. The second kappa shape index (κ2) is 9.85. The number of hydrogen-bond donors (Lipinski definition) is 1. The Kier molecular flexibility index (Phi) is 7.20. The van der Waals surface area contributed by atoms with E-state index in [4.69, 9.17) is 37.1 Å². The van der Waals surface area contributed by atoms with Crippen LogP contribution in [0.25, 0.3) is 11.0 Å². The van der Waals surface area contributed by atoms with Crippen LogP contribution in [0, 0.1) is 0 Å². The lowest BCUT2D eigenvalue weighted by Crippen LogP contribution is -2.33. The molecule has 7 nitrogen and oxygen atoms in total. The van der Waals surface area contributed by atoms with Gasteiger partial charge in [0.25, 0.3) is 5.91 Å². The topological polar surface area (TPSA) is 94.8 Å². The number of amides is 1. The molecule has 9 heteroatoms. The predicted molar refractivity (Wildman–Crippen MR) is 117 cm³/mol. The van der Waals surface area contributed by atoms with Gasteiger partial charge in [0.2, 0.25) is 0 Å². The minimum absolute atomic E-state index is 0.123.